The molecule has 3 heteroatoms. The zero-order chi connectivity index (χ0) is 12.0. The van der Waals surface area contributed by atoms with Crippen LogP contribution in [0.2, 0.25) is 0 Å². The van der Waals surface area contributed by atoms with E-state index in [0.29, 0.717) is 5.92 Å². The number of carbonyl (C=O) groups is 1. The zero-order valence-corrected chi connectivity index (χ0v) is 10.9. The van der Waals surface area contributed by atoms with Crippen molar-refractivity contribution in [2.75, 3.05) is 19.6 Å². The number of hydrogen-bond acceptors (Lipinski definition) is 2. The lowest BCUT2D eigenvalue weighted by molar-refractivity contribution is -0.125. The van der Waals surface area contributed by atoms with Crippen LogP contribution >= 0.6 is 0 Å². The highest BCUT2D eigenvalue weighted by atomic mass is 16.1. The molecule has 16 heavy (non-hydrogen) atoms. The van der Waals surface area contributed by atoms with Crippen LogP contribution in [0.5, 0.6) is 0 Å². The Labute approximate surface area is 99.4 Å². The van der Waals surface area contributed by atoms with Crippen molar-refractivity contribution in [3.05, 3.63) is 0 Å². The van der Waals surface area contributed by atoms with Crippen molar-refractivity contribution < 1.29 is 4.79 Å². The van der Waals surface area contributed by atoms with Gasteiger partial charge in [-0.25, -0.2) is 0 Å². The zero-order valence-electron chi connectivity index (χ0n) is 10.9. The third kappa shape index (κ3) is 4.97. The molecule has 3 nitrogen and oxygen atoms in total. The molecule has 94 valence electrons. The van der Waals surface area contributed by atoms with Crippen molar-refractivity contribution >= 4 is 5.91 Å². The van der Waals surface area contributed by atoms with E-state index in [2.05, 4.69) is 31.4 Å². The molecule has 1 heterocycles. The fourth-order valence-corrected chi connectivity index (χ4v) is 2.22. The predicted molar refractivity (Wildman–Crippen MR) is 67.2 cm³/mol. The van der Waals surface area contributed by atoms with Gasteiger partial charge in [-0.1, -0.05) is 20.8 Å². The summed E-state index contributed by atoms with van der Waals surface area (Å²) in [4.78, 5) is 11.8. The molecule has 0 radical (unpaired) electrons. The summed E-state index contributed by atoms with van der Waals surface area (Å²) in [6.45, 7) is 9.37. The van der Waals surface area contributed by atoms with Crippen LogP contribution in [0.4, 0.5) is 0 Å². The van der Waals surface area contributed by atoms with Gasteiger partial charge in [-0.3, -0.25) is 4.79 Å². The Kier molecular flexibility index (Phi) is 5.81. The summed E-state index contributed by atoms with van der Waals surface area (Å²) in [5, 5.41) is 6.36. The summed E-state index contributed by atoms with van der Waals surface area (Å²) in [7, 11) is 0. The quantitative estimate of drug-likeness (QED) is 0.702. The van der Waals surface area contributed by atoms with Crippen LogP contribution in [0.3, 0.4) is 0 Å². The summed E-state index contributed by atoms with van der Waals surface area (Å²) < 4.78 is 0. The van der Waals surface area contributed by atoms with Gasteiger partial charge in [0.15, 0.2) is 0 Å². The van der Waals surface area contributed by atoms with E-state index >= 15 is 0 Å². The molecule has 0 bridgehead atoms. The monoisotopic (exact) mass is 226 g/mol. The van der Waals surface area contributed by atoms with Gasteiger partial charge in [-0.05, 0) is 37.6 Å². The molecule has 2 N–H and O–H groups in total. The van der Waals surface area contributed by atoms with Gasteiger partial charge in [0.1, 0.15) is 0 Å². The largest absolute Gasteiger partial charge is 0.356 e. The normalized spacial score (nSPS) is 25.8. The Balaban J connectivity index is 2.14. The van der Waals surface area contributed by atoms with E-state index in [0.717, 1.165) is 38.4 Å². The first-order valence-electron chi connectivity index (χ1n) is 6.58. The molecule has 0 spiro atoms. The Morgan fingerprint density at radius 3 is 2.81 bits per heavy atom. The maximum atomic E-state index is 11.8. The van der Waals surface area contributed by atoms with Crippen LogP contribution in [0, 0.1) is 17.8 Å². The smallest absolute Gasteiger partial charge is 0.224 e. The molecule has 0 aliphatic carbocycles. The third-order valence-electron chi connectivity index (χ3n) is 3.20. The van der Waals surface area contributed by atoms with Crippen molar-refractivity contribution in [3.63, 3.8) is 0 Å². The van der Waals surface area contributed by atoms with Gasteiger partial charge in [-0.15, -0.1) is 0 Å². The Morgan fingerprint density at radius 2 is 2.19 bits per heavy atom. The Bertz CT molecular complexity index is 216. The van der Waals surface area contributed by atoms with Crippen LogP contribution in [0.25, 0.3) is 0 Å². The fraction of sp³-hybridized carbons (Fsp3) is 0.923. The SMILES string of the molecule is CC(C)CCCNC(=O)C1CNCC(C)C1. The summed E-state index contributed by atoms with van der Waals surface area (Å²) in [5.41, 5.74) is 0. The van der Waals surface area contributed by atoms with Gasteiger partial charge < -0.3 is 10.6 Å². The van der Waals surface area contributed by atoms with Crippen molar-refractivity contribution in [1.29, 1.82) is 0 Å². The van der Waals surface area contributed by atoms with Gasteiger partial charge >= 0.3 is 0 Å². The standard InChI is InChI=1S/C13H26N2O/c1-10(2)5-4-6-15-13(16)12-7-11(3)8-14-9-12/h10-12,14H,4-9H2,1-3H3,(H,15,16). The van der Waals surface area contributed by atoms with Crippen LogP contribution in [0.1, 0.15) is 40.0 Å². The topological polar surface area (TPSA) is 41.1 Å². The van der Waals surface area contributed by atoms with E-state index in [1.165, 1.54) is 6.42 Å². The van der Waals surface area contributed by atoms with Gasteiger partial charge in [0, 0.05) is 13.1 Å². The number of amides is 1. The van der Waals surface area contributed by atoms with E-state index < -0.39 is 0 Å². The number of hydrogen-bond donors (Lipinski definition) is 2. The summed E-state index contributed by atoms with van der Waals surface area (Å²) in [6, 6.07) is 0. The molecule has 0 aromatic carbocycles. The molecule has 1 fully saturated rings. The fourth-order valence-electron chi connectivity index (χ4n) is 2.22. The summed E-state index contributed by atoms with van der Waals surface area (Å²) in [5.74, 6) is 1.78. The highest BCUT2D eigenvalue weighted by molar-refractivity contribution is 5.78. The van der Waals surface area contributed by atoms with Gasteiger partial charge in [0.05, 0.1) is 5.92 Å². The van der Waals surface area contributed by atoms with Crippen LogP contribution in [-0.2, 0) is 4.79 Å². The summed E-state index contributed by atoms with van der Waals surface area (Å²) >= 11 is 0. The lowest BCUT2D eigenvalue weighted by atomic mass is 9.91. The van der Waals surface area contributed by atoms with E-state index in [1.807, 2.05) is 0 Å². The predicted octanol–water partition coefficient (Wildman–Crippen LogP) is 1.78. The molecule has 1 rings (SSSR count). The number of carbonyl (C=O) groups excluding carboxylic acids is 1. The first-order valence-corrected chi connectivity index (χ1v) is 6.58. The molecule has 0 saturated carbocycles. The van der Waals surface area contributed by atoms with Crippen molar-refractivity contribution in [1.82, 2.24) is 10.6 Å². The molecule has 0 aromatic heterocycles. The van der Waals surface area contributed by atoms with E-state index in [-0.39, 0.29) is 11.8 Å². The molecule has 2 unspecified atom stereocenters. The maximum absolute atomic E-state index is 11.8. The third-order valence-corrected chi connectivity index (χ3v) is 3.20. The van der Waals surface area contributed by atoms with E-state index in [4.69, 9.17) is 0 Å². The average molecular weight is 226 g/mol. The van der Waals surface area contributed by atoms with Crippen LogP contribution in [-0.4, -0.2) is 25.5 Å². The minimum absolute atomic E-state index is 0.183. The van der Waals surface area contributed by atoms with Crippen LogP contribution in [0.15, 0.2) is 0 Å². The second kappa shape index (κ2) is 6.89. The molecule has 1 aliphatic heterocycles. The lowest BCUT2D eigenvalue weighted by Crippen LogP contribution is -2.43. The molecule has 2 atom stereocenters. The van der Waals surface area contributed by atoms with E-state index in [9.17, 15) is 4.79 Å². The first kappa shape index (κ1) is 13.5. The number of piperidine rings is 1. The lowest BCUT2D eigenvalue weighted by Gasteiger charge is -2.26. The molecule has 1 saturated heterocycles. The van der Waals surface area contributed by atoms with E-state index in [1.54, 1.807) is 0 Å². The highest BCUT2D eigenvalue weighted by Gasteiger charge is 2.24. The molecular weight excluding hydrogens is 200 g/mol. The first-order chi connectivity index (χ1) is 7.59. The maximum Gasteiger partial charge on any atom is 0.224 e. The second-order valence-corrected chi connectivity index (χ2v) is 5.52. The van der Waals surface area contributed by atoms with Gasteiger partial charge in [0.2, 0.25) is 5.91 Å². The molecule has 1 aliphatic rings. The highest BCUT2D eigenvalue weighted by Crippen LogP contribution is 2.15. The van der Waals surface area contributed by atoms with Gasteiger partial charge in [0.25, 0.3) is 0 Å². The second-order valence-electron chi connectivity index (χ2n) is 5.52. The number of nitrogens with one attached hydrogen (secondary N) is 2. The van der Waals surface area contributed by atoms with Crippen molar-refractivity contribution in [3.8, 4) is 0 Å². The molecular formula is C13H26N2O. The summed E-state index contributed by atoms with van der Waals surface area (Å²) in [6.07, 6.45) is 3.32. The van der Waals surface area contributed by atoms with Crippen molar-refractivity contribution in [2.45, 2.75) is 40.0 Å². The average Bonchev–Trinajstić information content (AvgIpc) is 2.24. The Hall–Kier alpha value is -0.570. The molecule has 0 aromatic rings. The molecule has 1 amide bonds. The van der Waals surface area contributed by atoms with Gasteiger partial charge in [-0.2, -0.15) is 0 Å². The van der Waals surface area contributed by atoms with Crippen molar-refractivity contribution in [2.24, 2.45) is 17.8 Å². The number of rotatable bonds is 5. The van der Waals surface area contributed by atoms with Crippen LogP contribution < -0.4 is 10.6 Å². The minimum Gasteiger partial charge on any atom is -0.356 e. The Morgan fingerprint density at radius 1 is 1.44 bits per heavy atom. The minimum atomic E-state index is 0.183.